The predicted octanol–water partition coefficient (Wildman–Crippen LogP) is 6.10. The lowest BCUT2D eigenvalue weighted by Gasteiger charge is -2.47. The first-order valence-corrected chi connectivity index (χ1v) is 15.2. The van der Waals surface area contributed by atoms with E-state index in [2.05, 4.69) is 0 Å². The molecular weight excluding hydrogens is 566 g/mol. The zero-order chi connectivity index (χ0) is 29.3. The number of fused-ring (bicyclic) bond motifs is 1. The van der Waals surface area contributed by atoms with Crippen molar-refractivity contribution in [2.45, 2.75) is 69.7 Å². The summed E-state index contributed by atoms with van der Waals surface area (Å²) in [5.41, 5.74) is 0.856. The molecule has 1 aliphatic carbocycles. The van der Waals surface area contributed by atoms with E-state index >= 15 is 0 Å². The fourth-order valence-electron chi connectivity index (χ4n) is 5.57. The number of allylic oxidation sites excluding steroid dienone is 2. The van der Waals surface area contributed by atoms with E-state index < -0.39 is 42.0 Å². The van der Waals surface area contributed by atoms with E-state index in [1.54, 1.807) is 31.2 Å². The van der Waals surface area contributed by atoms with Crippen molar-refractivity contribution in [2.24, 2.45) is 10.4 Å². The Bertz CT molecular complexity index is 1340. The Morgan fingerprint density at radius 3 is 2.46 bits per heavy atom. The van der Waals surface area contributed by atoms with Crippen LogP contribution in [0.2, 0.25) is 5.02 Å². The number of hydrogen-bond donors (Lipinski definition) is 1. The number of esters is 1. The molecule has 1 N–H and O–H groups in total. The molecule has 2 saturated heterocycles. The first-order chi connectivity index (χ1) is 19.6. The number of carbonyl (C=O) groups excluding carboxylic acids is 2. The molecule has 0 amide bonds. The monoisotopic (exact) mass is 599 g/mol. The molecule has 218 valence electrons. The molecule has 6 atom stereocenters. The van der Waals surface area contributed by atoms with Gasteiger partial charge in [-0.15, -0.1) is 11.8 Å². The molecule has 2 aromatic rings. The molecule has 2 heterocycles. The zero-order valence-electron chi connectivity index (χ0n) is 23.4. The number of aliphatic imine (C=N–C) groups is 1. The fourth-order valence-corrected chi connectivity index (χ4v) is 6.44. The second-order valence-electron chi connectivity index (χ2n) is 11.3. The Hall–Kier alpha value is -2.69. The van der Waals surface area contributed by atoms with Crippen LogP contribution in [-0.2, 0) is 23.7 Å². The van der Waals surface area contributed by atoms with Crippen LogP contribution in [0.3, 0.4) is 0 Å². The molecule has 1 unspecified atom stereocenters. The van der Waals surface area contributed by atoms with E-state index in [1.807, 2.05) is 50.4 Å². The van der Waals surface area contributed by atoms with Crippen LogP contribution in [0.1, 0.15) is 55.8 Å². The molecule has 5 rings (SSSR count). The summed E-state index contributed by atoms with van der Waals surface area (Å²) in [5.74, 6) is -0.714. The second-order valence-corrected chi connectivity index (χ2v) is 12.7. The number of Topliss-reactive ketones (excluding diaryl/α,β-unsaturated/α-hetero) is 1. The number of carbonyl (C=O) groups is 2. The van der Waals surface area contributed by atoms with Crippen molar-refractivity contribution in [3.63, 3.8) is 0 Å². The molecule has 2 fully saturated rings. The topological polar surface area (TPSA) is 104 Å². The van der Waals surface area contributed by atoms with Crippen molar-refractivity contribution >= 4 is 40.8 Å². The molecule has 0 radical (unpaired) electrons. The SMILES string of the molecule is CS[C@@H]1O[C@@H]2COC(c3ccccc3)O[C@H]2[C@H](OC(=O)c2ccc(Cl)cc2)[C@H]1N=C(C)C1=C(O)CC(C)(C)CC1=O. The van der Waals surface area contributed by atoms with Crippen LogP contribution >= 0.6 is 23.4 Å². The average molecular weight is 600 g/mol. The van der Waals surface area contributed by atoms with Crippen LogP contribution in [0, 0.1) is 5.41 Å². The molecular formula is C31H34ClNO7S. The molecule has 2 aliphatic heterocycles. The lowest BCUT2D eigenvalue weighted by molar-refractivity contribution is -0.304. The van der Waals surface area contributed by atoms with Crippen molar-refractivity contribution < 1.29 is 33.6 Å². The first-order valence-electron chi connectivity index (χ1n) is 13.5. The summed E-state index contributed by atoms with van der Waals surface area (Å²) in [6.07, 6.45) is -0.257. The third kappa shape index (κ3) is 6.54. The van der Waals surface area contributed by atoms with E-state index in [0.717, 1.165) is 5.56 Å². The standard InChI is InChI=1S/C31H34ClNO7S/c1-17(24-21(34)14-31(2,3)15-22(24)35)33-25-27(39-28(36)18-10-12-20(32)13-11-18)26-23(38-30(25)41-4)16-37-29(40-26)19-8-6-5-7-9-19/h5-13,23,25-27,29-30,34H,14-16H2,1-4H3/t23-,25-,26-,27-,29?,30+/m1/s1. The Balaban J connectivity index is 1.52. The Morgan fingerprint density at radius 2 is 1.80 bits per heavy atom. The maximum atomic E-state index is 13.4. The minimum Gasteiger partial charge on any atom is -0.511 e. The average Bonchev–Trinajstić information content (AvgIpc) is 2.93. The van der Waals surface area contributed by atoms with Crippen LogP contribution in [0.5, 0.6) is 0 Å². The molecule has 10 heteroatoms. The largest absolute Gasteiger partial charge is 0.511 e. The summed E-state index contributed by atoms with van der Waals surface area (Å²) in [7, 11) is 0. The Labute approximate surface area is 249 Å². The summed E-state index contributed by atoms with van der Waals surface area (Å²) in [6.45, 7) is 5.81. The lowest BCUT2D eigenvalue weighted by Crippen LogP contribution is -2.61. The van der Waals surface area contributed by atoms with E-state index in [4.69, 9.17) is 35.5 Å². The minimum absolute atomic E-state index is 0.0176. The van der Waals surface area contributed by atoms with Gasteiger partial charge in [0.25, 0.3) is 0 Å². The molecule has 3 aliphatic rings. The summed E-state index contributed by atoms with van der Waals surface area (Å²) in [5, 5.41) is 11.3. The van der Waals surface area contributed by atoms with Crippen molar-refractivity contribution in [1.82, 2.24) is 0 Å². The number of aliphatic hydroxyl groups is 1. The number of thioether (sulfide) groups is 1. The first kappa shape index (κ1) is 29.8. The van der Waals surface area contributed by atoms with Crippen LogP contribution < -0.4 is 0 Å². The number of hydrogen-bond acceptors (Lipinski definition) is 9. The van der Waals surface area contributed by atoms with Gasteiger partial charge in [-0.05, 0) is 42.9 Å². The van der Waals surface area contributed by atoms with Gasteiger partial charge in [0.05, 0.1) is 17.7 Å². The van der Waals surface area contributed by atoms with Gasteiger partial charge in [0.2, 0.25) is 0 Å². The zero-order valence-corrected chi connectivity index (χ0v) is 25.0. The highest BCUT2D eigenvalue weighted by atomic mass is 35.5. The van der Waals surface area contributed by atoms with E-state index in [9.17, 15) is 14.7 Å². The lowest BCUT2D eigenvalue weighted by atomic mass is 9.75. The Morgan fingerprint density at radius 1 is 1.10 bits per heavy atom. The summed E-state index contributed by atoms with van der Waals surface area (Å²) < 4.78 is 25.0. The highest BCUT2D eigenvalue weighted by Crippen LogP contribution is 2.40. The third-order valence-electron chi connectivity index (χ3n) is 7.49. The number of benzene rings is 2. The highest BCUT2D eigenvalue weighted by molar-refractivity contribution is 7.99. The molecule has 8 nitrogen and oxygen atoms in total. The van der Waals surface area contributed by atoms with Crippen LogP contribution in [-0.4, -0.2) is 65.2 Å². The van der Waals surface area contributed by atoms with E-state index in [1.165, 1.54) is 11.8 Å². The van der Waals surface area contributed by atoms with Crippen LogP contribution in [0.4, 0.5) is 0 Å². The van der Waals surface area contributed by atoms with Gasteiger partial charge in [-0.2, -0.15) is 0 Å². The van der Waals surface area contributed by atoms with Crippen molar-refractivity contribution in [1.29, 1.82) is 0 Å². The maximum absolute atomic E-state index is 13.4. The molecule has 0 spiro atoms. The molecule has 0 saturated carbocycles. The molecule has 0 aromatic heterocycles. The van der Waals surface area contributed by atoms with E-state index in [-0.39, 0.29) is 29.1 Å². The quantitative estimate of drug-likeness (QED) is 0.314. The highest BCUT2D eigenvalue weighted by Gasteiger charge is 2.52. The number of ether oxygens (including phenoxy) is 4. The van der Waals surface area contributed by atoms with Gasteiger partial charge in [0.1, 0.15) is 29.4 Å². The van der Waals surface area contributed by atoms with Gasteiger partial charge in [-0.25, -0.2) is 4.79 Å². The van der Waals surface area contributed by atoms with Crippen molar-refractivity contribution in [3.05, 3.63) is 82.1 Å². The molecule has 41 heavy (non-hydrogen) atoms. The molecule has 2 aromatic carbocycles. The maximum Gasteiger partial charge on any atom is 0.338 e. The van der Waals surface area contributed by atoms with E-state index in [0.29, 0.717) is 29.1 Å². The van der Waals surface area contributed by atoms with Crippen LogP contribution in [0.15, 0.2) is 70.9 Å². The smallest absolute Gasteiger partial charge is 0.338 e. The third-order valence-corrected chi connectivity index (χ3v) is 8.60. The van der Waals surface area contributed by atoms with Crippen molar-refractivity contribution in [3.8, 4) is 0 Å². The van der Waals surface area contributed by atoms with Gasteiger partial charge in [0, 0.05) is 29.1 Å². The van der Waals surface area contributed by atoms with Crippen molar-refractivity contribution in [2.75, 3.05) is 12.9 Å². The number of ketones is 1. The van der Waals surface area contributed by atoms with Gasteiger partial charge >= 0.3 is 5.97 Å². The predicted molar refractivity (Wildman–Crippen MR) is 157 cm³/mol. The van der Waals surface area contributed by atoms with Gasteiger partial charge in [0.15, 0.2) is 18.2 Å². The molecule has 0 bridgehead atoms. The number of aliphatic hydroxyl groups excluding tert-OH is 1. The fraction of sp³-hybridized carbons (Fsp3) is 0.452. The number of rotatable bonds is 6. The van der Waals surface area contributed by atoms with Gasteiger partial charge in [-0.1, -0.05) is 55.8 Å². The number of nitrogens with zero attached hydrogens (tertiary/aromatic N) is 1. The van der Waals surface area contributed by atoms with Crippen LogP contribution in [0.25, 0.3) is 0 Å². The minimum atomic E-state index is -0.877. The number of halogens is 1. The van der Waals surface area contributed by atoms with Gasteiger partial charge < -0.3 is 24.1 Å². The summed E-state index contributed by atoms with van der Waals surface area (Å²) in [6, 6.07) is 15.2. The second kappa shape index (κ2) is 12.3. The summed E-state index contributed by atoms with van der Waals surface area (Å²) >= 11 is 7.44. The van der Waals surface area contributed by atoms with Gasteiger partial charge in [-0.3, -0.25) is 9.79 Å². The summed E-state index contributed by atoms with van der Waals surface area (Å²) in [4.78, 5) is 31.4. The Kier molecular flexibility index (Phi) is 8.92. The normalized spacial score (nSPS) is 30.1.